The summed E-state index contributed by atoms with van der Waals surface area (Å²) >= 11 is 3.39. The second kappa shape index (κ2) is 7.43. The van der Waals surface area contributed by atoms with E-state index < -0.39 is 5.41 Å². The van der Waals surface area contributed by atoms with Gasteiger partial charge in [0.15, 0.2) is 0 Å². The summed E-state index contributed by atoms with van der Waals surface area (Å²) in [6.45, 7) is 6.38. The highest BCUT2D eigenvalue weighted by molar-refractivity contribution is 9.10. The quantitative estimate of drug-likeness (QED) is 0.865. The van der Waals surface area contributed by atoms with Crippen LogP contribution in [-0.4, -0.2) is 18.4 Å². The van der Waals surface area contributed by atoms with Crippen molar-refractivity contribution in [2.24, 2.45) is 5.41 Å². The molecule has 0 heterocycles. The van der Waals surface area contributed by atoms with Crippen LogP contribution in [-0.2, 0) is 16.1 Å². The van der Waals surface area contributed by atoms with Crippen molar-refractivity contribution in [1.82, 2.24) is 10.6 Å². The highest BCUT2D eigenvalue weighted by Crippen LogP contribution is 2.12. The fourth-order valence-electron chi connectivity index (χ4n) is 1.49. The zero-order valence-electron chi connectivity index (χ0n) is 12.1. The van der Waals surface area contributed by atoms with Crippen molar-refractivity contribution in [3.8, 4) is 0 Å². The van der Waals surface area contributed by atoms with E-state index in [1.165, 1.54) is 0 Å². The summed E-state index contributed by atoms with van der Waals surface area (Å²) < 4.78 is 0.988. The van der Waals surface area contributed by atoms with Gasteiger partial charge in [0.1, 0.15) is 0 Å². The summed E-state index contributed by atoms with van der Waals surface area (Å²) in [6.07, 6.45) is 0.288. The lowest BCUT2D eigenvalue weighted by Gasteiger charge is -2.17. The van der Waals surface area contributed by atoms with Gasteiger partial charge in [0.05, 0.1) is 0 Å². The van der Waals surface area contributed by atoms with Crippen LogP contribution in [0.2, 0.25) is 0 Å². The van der Waals surface area contributed by atoms with Gasteiger partial charge < -0.3 is 10.6 Å². The van der Waals surface area contributed by atoms with Gasteiger partial charge in [-0.2, -0.15) is 0 Å². The predicted octanol–water partition coefficient (Wildman–Crippen LogP) is 2.62. The third kappa shape index (κ3) is 6.19. The Hall–Kier alpha value is -1.36. The molecule has 0 saturated carbocycles. The van der Waals surface area contributed by atoms with Gasteiger partial charge in [-0.1, -0.05) is 48.8 Å². The second-order valence-electron chi connectivity index (χ2n) is 5.66. The van der Waals surface area contributed by atoms with E-state index >= 15 is 0 Å². The van der Waals surface area contributed by atoms with E-state index in [1.54, 1.807) is 0 Å². The SMILES string of the molecule is CC(C)(C)C(=O)NCCC(=O)NCc1cccc(Br)c1. The summed E-state index contributed by atoms with van der Waals surface area (Å²) in [5, 5.41) is 5.58. The first-order valence-electron chi connectivity index (χ1n) is 6.58. The van der Waals surface area contributed by atoms with Crippen LogP contribution in [0.15, 0.2) is 28.7 Å². The maximum atomic E-state index is 11.7. The average molecular weight is 341 g/mol. The fourth-order valence-corrected chi connectivity index (χ4v) is 1.94. The normalized spacial score (nSPS) is 11.0. The number of carbonyl (C=O) groups excluding carboxylic acids is 2. The smallest absolute Gasteiger partial charge is 0.225 e. The largest absolute Gasteiger partial charge is 0.355 e. The maximum Gasteiger partial charge on any atom is 0.225 e. The Kier molecular flexibility index (Phi) is 6.20. The predicted molar refractivity (Wildman–Crippen MR) is 83.1 cm³/mol. The molecule has 0 aromatic heterocycles. The molecule has 0 spiro atoms. The molecule has 0 radical (unpaired) electrons. The van der Waals surface area contributed by atoms with Gasteiger partial charge in [0, 0.05) is 29.4 Å². The van der Waals surface area contributed by atoms with Gasteiger partial charge in [-0.05, 0) is 17.7 Å². The molecule has 0 unspecified atom stereocenters. The zero-order valence-corrected chi connectivity index (χ0v) is 13.7. The van der Waals surface area contributed by atoms with E-state index in [1.807, 2.05) is 45.0 Å². The van der Waals surface area contributed by atoms with Gasteiger partial charge in [-0.3, -0.25) is 9.59 Å². The van der Waals surface area contributed by atoms with E-state index in [0.29, 0.717) is 13.1 Å². The number of hydrogen-bond acceptors (Lipinski definition) is 2. The summed E-state index contributed by atoms with van der Waals surface area (Å²) in [4.78, 5) is 23.3. The van der Waals surface area contributed by atoms with Gasteiger partial charge in [0.25, 0.3) is 0 Å². The molecule has 0 aliphatic heterocycles. The molecule has 1 aromatic carbocycles. The number of halogens is 1. The second-order valence-corrected chi connectivity index (χ2v) is 6.58. The molecular weight excluding hydrogens is 320 g/mol. The van der Waals surface area contributed by atoms with Crippen molar-refractivity contribution in [3.63, 3.8) is 0 Å². The molecule has 0 aliphatic rings. The lowest BCUT2D eigenvalue weighted by Crippen LogP contribution is -2.37. The fraction of sp³-hybridized carbons (Fsp3) is 0.467. The molecule has 2 amide bonds. The van der Waals surface area contributed by atoms with Crippen molar-refractivity contribution in [2.45, 2.75) is 33.7 Å². The Balaban J connectivity index is 2.26. The third-order valence-electron chi connectivity index (χ3n) is 2.70. The topological polar surface area (TPSA) is 58.2 Å². The average Bonchev–Trinajstić information content (AvgIpc) is 2.35. The lowest BCUT2D eigenvalue weighted by atomic mass is 9.96. The molecule has 0 saturated heterocycles. The summed E-state index contributed by atoms with van der Waals surface area (Å²) in [6, 6.07) is 7.77. The Bertz CT molecular complexity index is 481. The van der Waals surface area contributed by atoms with Crippen molar-refractivity contribution in [1.29, 1.82) is 0 Å². The van der Waals surface area contributed by atoms with E-state index in [0.717, 1.165) is 10.0 Å². The molecule has 5 heteroatoms. The van der Waals surface area contributed by atoms with Crippen LogP contribution in [0.5, 0.6) is 0 Å². The molecule has 20 heavy (non-hydrogen) atoms. The maximum absolute atomic E-state index is 11.7. The van der Waals surface area contributed by atoms with Crippen molar-refractivity contribution >= 4 is 27.7 Å². The first-order valence-corrected chi connectivity index (χ1v) is 7.38. The molecule has 2 N–H and O–H groups in total. The van der Waals surface area contributed by atoms with Crippen LogP contribution in [0.4, 0.5) is 0 Å². The Morgan fingerprint density at radius 1 is 1.20 bits per heavy atom. The standard InChI is InChI=1S/C15H21BrN2O2/c1-15(2,3)14(20)17-8-7-13(19)18-10-11-5-4-6-12(16)9-11/h4-6,9H,7-8,10H2,1-3H3,(H,17,20)(H,18,19). The number of benzene rings is 1. The molecular formula is C15H21BrN2O2. The van der Waals surface area contributed by atoms with Crippen molar-refractivity contribution in [3.05, 3.63) is 34.3 Å². The van der Waals surface area contributed by atoms with E-state index in [4.69, 9.17) is 0 Å². The number of carbonyl (C=O) groups is 2. The zero-order chi connectivity index (χ0) is 15.2. The van der Waals surface area contributed by atoms with E-state index in [2.05, 4.69) is 26.6 Å². The van der Waals surface area contributed by atoms with Gasteiger partial charge in [-0.15, -0.1) is 0 Å². The summed E-state index contributed by atoms with van der Waals surface area (Å²) in [7, 11) is 0. The minimum Gasteiger partial charge on any atom is -0.355 e. The van der Waals surface area contributed by atoms with Gasteiger partial charge in [0.2, 0.25) is 11.8 Å². The molecule has 0 aliphatic carbocycles. The molecule has 110 valence electrons. The van der Waals surface area contributed by atoms with Crippen molar-refractivity contribution < 1.29 is 9.59 Å². The molecule has 0 atom stereocenters. The minimum absolute atomic E-state index is 0.0442. The highest BCUT2D eigenvalue weighted by atomic mass is 79.9. The molecule has 0 bridgehead atoms. The van der Waals surface area contributed by atoms with E-state index in [-0.39, 0.29) is 18.2 Å². The van der Waals surface area contributed by atoms with Crippen LogP contribution in [0.3, 0.4) is 0 Å². The number of rotatable bonds is 5. The van der Waals surface area contributed by atoms with Crippen LogP contribution < -0.4 is 10.6 Å². The number of hydrogen-bond donors (Lipinski definition) is 2. The minimum atomic E-state index is -0.424. The first kappa shape index (κ1) is 16.7. The van der Waals surface area contributed by atoms with Crippen LogP contribution in [0, 0.1) is 5.41 Å². The van der Waals surface area contributed by atoms with E-state index in [9.17, 15) is 9.59 Å². The molecule has 1 rings (SSSR count). The lowest BCUT2D eigenvalue weighted by molar-refractivity contribution is -0.128. The highest BCUT2D eigenvalue weighted by Gasteiger charge is 2.20. The Morgan fingerprint density at radius 2 is 1.90 bits per heavy atom. The molecule has 4 nitrogen and oxygen atoms in total. The van der Waals surface area contributed by atoms with Gasteiger partial charge >= 0.3 is 0 Å². The van der Waals surface area contributed by atoms with Crippen LogP contribution in [0.25, 0.3) is 0 Å². The Labute approximate surface area is 128 Å². The molecule has 0 fully saturated rings. The molecule has 1 aromatic rings. The van der Waals surface area contributed by atoms with Gasteiger partial charge in [-0.25, -0.2) is 0 Å². The summed E-state index contributed by atoms with van der Waals surface area (Å²) in [5.41, 5.74) is 0.610. The monoisotopic (exact) mass is 340 g/mol. The Morgan fingerprint density at radius 3 is 2.50 bits per heavy atom. The number of nitrogens with one attached hydrogen (secondary N) is 2. The first-order chi connectivity index (χ1) is 9.29. The van der Waals surface area contributed by atoms with Crippen molar-refractivity contribution in [2.75, 3.05) is 6.54 Å². The number of amides is 2. The summed E-state index contributed by atoms with van der Waals surface area (Å²) in [5.74, 6) is -0.114. The third-order valence-corrected chi connectivity index (χ3v) is 3.19. The van der Waals surface area contributed by atoms with Crippen LogP contribution >= 0.6 is 15.9 Å². The van der Waals surface area contributed by atoms with Crippen LogP contribution in [0.1, 0.15) is 32.8 Å².